The fraction of sp³-hybridized carbons (Fsp3) is 0.625. The molecule has 10 heavy (non-hydrogen) atoms. The van der Waals surface area contributed by atoms with Gasteiger partial charge in [-0.15, -0.1) is 0 Å². The molecule has 0 rings (SSSR count). The van der Waals surface area contributed by atoms with Crippen molar-refractivity contribution in [2.24, 2.45) is 16.6 Å². The van der Waals surface area contributed by atoms with Crippen LogP contribution in [0.4, 0.5) is 0 Å². The summed E-state index contributed by atoms with van der Waals surface area (Å²) < 4.78 is 0. The molecule has 0 spiro atoms. The zero-order chi connectivity index (χ0) is 7.98. The molecule has 0 heterocycles. The van der Waals surface area contributed by atoms with E-state index >= 15 is 0 Å². The Bertz CT molecular complexity index is 132. The lowest BCUT2D eigenvalue weighted by Crippen LogP contribution is -1.93. The first-order chi connectivity index (χ1) is 4.66. The zero-order valence-electron chi connectivity index (χ0n) is 6.96. The predicted octanol–water partition coefficient (Wildman–Crippen LogP) is 1.92. The van der Waals surface area contributed by atoms with Gasteiger partial charge in [0, 0.05) is 18.1 Å². The Labute approximate surface area is 62.8 Å². The van der Waals surface area contributed by atoms with Gasteiger partial charge in [-0.25, -0.2) is 0 Å². The SMILES string of the molecule is CCC(C)/C=N\C=C(\C)N. The first kappa shape index (κ1) is 9.21. The molecule has 0 radical (unpaired) electrons. The van der Waals surface area contributed by atoms with Gasteiger partial charge < -0.3 is 5.73 Å². The van der Waals surface area contributed by atoms with E-state index in [4.69, 9.17) is 5.73 Å². The van der Waals surface area contributed by atoms with Crippen LogP contribution in [0.15, 0.2) is 16.9 Å². The van der Waals surface area contributed by atoms with Crippen LogP contribution in [-0.2, 0) is 0 Å². The zero-order valence-corrected chi connectivity index (χ0v) is 6.96. The van der Waals surface area contributed by atoms with Crippen LogP contribution in [0.25, 0.3) is 0 Å². The predicted molar refractivity (Wildman–Crippen MR) is 45.9 cm³/mol. The highest BCUT2D eigenvalue weighted by Gasteiger charge is 1.88. The Balaban J connectivity index is 3.66. The highest BCUT2D eigenvalue weighted by Crippen LogP contribution is 1.95. The molecule has 0 fully saturated rings. The third-order valence-electron chi connectivity index (χ3n) is 1.26. The van der Waals surface area contributed by atoms with Gasteiger partial charge in [0.1, 0.15) is 0 Å². The molecule has 58 valence electrons. The Hall–Kier alpha value is -0.790. The van der Waals surface area contributed by atoms with Gasteiger partial charge in [0.05, 0.1) is 0 Å². The lowest BCUT2D eigenvalue weighted by atomic mass is 10.1. The van der Waals surface area contributed by atoms with Crippen molar-refractivity contribution in [3.63, 3.8) is 0 Å². The molecule has 2 heteroatoms. The van der Waals surface area contributed by atoms with Crippen molar-refractivity contribution in [1.82, 2.24) is 0 Å². The lowest BCUT2D eigenvalue weighted by molar-refractivity contribution is 0.754. The summed E-state index contributed by atoms with van der Waals surface area (Å²) in [4.78, 5) is 4.03. The Kier molecular flexibility index (Phi) is 4.63. The maximum absolute atomic E-state index is 5.37. The minimum absolute atomic E-state index is 0.551. The molecule has 1 unspecified atom stereocenters. The molecule has 0 aliphatic rings. The average molecular weight is 140 g/mol. The van der Waals surface area contributed by atoms with Crippen molar-refractivity contribution < 1.29 is 0 Å². The summed E-state index contributed by atoms with van der Waals surface area (Å²) in [5, 5.41) is 0. The highest BCUT2D eigenvalue weighted by atomic mass is 14.7. The van der Waals surface area contributed by atoms with E-state index in [9.17, 15) is 0 Å². The largest absolute Gasteiger partial charge is 0.401 e. The van der Waals surface area contributed by atoms with Gasteiger partial charge in [0.25, 0.3) is 0 Å². The third kappa shape index (κ3) is 5.35. The van der Waals surface area contributed by atoms with E-state index in [0.717, 1.165) is 12.1 Å². The van der Waals surface area contributed by atoms with Crippen LogP contribution in [0.1, 0.15) is 27.2 Å². The topological polar surface area (TPSA) is 38.4 Å². The maximum atomic E-state index is 5.37. The number of aliphatic imine (C=N–C) groups is 1. The van der Waals surface area contributed by atoms with E-state index in [2.05, 4.69) is 18.8 Å². The summed E-state index contributed by atoms with van der Waals surface area (Å²) in [7, 11) is 0. The molecule has 0 aliphatic heterocycles. The number of nitrogens with zero attached hydrogens (tertiary/aromatic N) is 1. The number of hydrogen-bond donors (Lipinski definition) is 1. The highest BCUT2D eigenvalue weighted by molar-refractivity contribution is 5.60. The van der Waals surface area contributed by atoms with Crippen LogP contribution in [0, 0.1) is 5.92 Å². The first-order valence-electron chi connectivity index (χ1n) is 3.62. The smallest absolute Gasteiger partial charge is 0.0448 e. The molecular formula is C8H16N2. The van der Waals surface area contributed by atoms with Crippen molar-refractivity contribution in [2.75, 3.05) is 0 Å². The molecule has 2 nitrogen and oxygen atoms in total. The van der Waals surface area contributed by atoms with Crippen LogP contribution >= 0.6 is 0 Å². The number of hydrogen-bond acceptors (Lipinski definition) is 2. The summed E-state index contributed by atoms with van der Waals surface area (Å²) in [5.41, 5.74) is 6.12. The van der Waals surface area contributed by atoms with Gasteiger partial charge in [0.15, 0.2) is 0 Å². The van der Waals surface area contributed by atoms with Crippen LogP contribution in [0.5, 0.6) is 0 Å². The van der Waals surface area contributed by atoms with Crippen molar-refractivity contribution in [1.29, 1.82) is 0 Å². The van der Waals surface area contributed by atoms with Gasteiger partial charge in [-0.3, -0.25) is 4.99 Å². The Morgan fingerprint density at radius 3 is 2.70 bits per heavy atom. The summed E-state index contributed by atoms with van der Waals surface area (Å²) in [6, 6.07) is 0. The van der Waals surface area contributed by atoms with E-state index < -0.39 is 0 Å². The monoisotopic (exact) mass is 140 g/mol. The van der Waals surface area contributed by atoms with E-state index in [1.165, 1.54) is 0 Å². The molecule has 0 aliphatic carbocycles. The van der Waals surface area contributed by atoms with E-state index in [-0.39, 0.29) is 0 Å². The maximum Gasteiger partial charge on any atom is 0.0448 e. The van der Waals surface area contributed by atoms with E-state index in [1.807, 2.05) is 13.1 Å². The van der Waals surface area contributed by atoms with Gasteiger partial charge in [-0.05, 0) is 19.3 Å². The fourth-order valence-corrected chi connectivity index (χ4v) is 0.413. The van der Waals surface area contributed by atoms with Crippen molar-refractivity contribution in [3.05, 3.63) is 11.9 Å². The van der Waals surface area contributed by atoms with Gasteiger partial charge in [-0.2, -0.15) is 0 Å². The van der Waals surface area contributed by atoms with Gasteiger partial charge in [-0.1, -0.05) is 13.8 Å². The molecule has 0 saturated carbocycles. The van der Waals surface area contributed by atoms with Gasteiger partial charge in [0.2, 0.25) is 0 Å². The Morgan fingerprint density at radius 1 is 1.70 bits per heavy atom. The molecule has 0 amide bonds. The summed E-state index contributed by atoms with van der Waals surface area (Å²) in [5.74, 6) is 0.551. The third-order valence-corrected chi connectivity index (χ3v) is 1.26. The second-order valence-electron chi connectivity index (χ2n) is 2.56. The van der Waals surface area contributed by atoms with Crippen molar-refractivity contribution in [3.8, 4) is 0 Å². The van der Waals surface area contributed by atoms with Crippen LogP contribution in [0.2, 0.25) is 0 Å². The number of rotatable bonds is 3. The van der Waals surface area contributed by atoms with E-state index in [0.29, 0.717) is 5.92 Å². The molecular weight excluding hydrogens is 124 g/mol. The molecule has 0 aromatic carbocycles. The molecule has 0 saturated heterocycles. The number of allylic oxidation sites excluding steroid dienone is 1. The minimum Gasteiger partial charge on any atom is -0.401 e. The molecule has 0 aromatic rings. The van der Waals surface area contributed by atoms with Gasteiger partial charge >= 0.3 is 0 Å². The van der Waals surface area contributed by atoms with Crippen molar-refractivity contribution >= 4 is 6.21 Å². The first-order valence-corrected chi connectivity index (χ1v) is 3.62. The standard InChI is InChI=1S/C8H16N2/c1-4-7(2)5-10-6-8(3)9/h5-7H,4,9H2,1-3H3/b8-6-,10-5-. The second-order valence-corrected chi connectivity index (χ2v) is 2.56. The quantitative estimate of drug-likeness (QED) is 0.597. The molecule has 0 bridgehead atoms. The molecule has 1 atom stereocenters. The normalized spacial score (nSPS) is 16.1. The van der Waals surface area contributed by atoms with Crippen LogP contribution in [0.3, 0.4) is 0 Å². The minimum atomic E-state index is 0.551. The molecule has 0 aromatic heterocycles. The average Bonchev–Trinajstić information content (AvgIpc) is 1.87. The second kappa shape index (κ2) is 5.03. The summed E-state index contributed by atoms with van der Waals surface area (Å²) in [6.07, 6.45) is 4.71. The van der Waals surface area contributed by atoms with Crippen LogP contribution in [-0.4, -0.2) is 6.21 Å². The molecule has 2 N–H and O–H groups in total. The lowest BCUT2D eigenvalue weighted by Gasteiger charge is -1.95. The fourth-order valence-electron chi connectivity index (χ4n) is 0.413. The number of nitrogens with two attached hydrogens (primary N) is 1. The van der Waals surface area contributed by atoms with Crippen LogP contribution < -0.4 is 5.73 Å². The Morgan fingerprint density at radius 2 is 2.30 bits per heavy atom. The summed E-state index contributed by atoms with van der Waals surface area (Å²) >= 11 is 0. The van der Waals surface area contributed by atoms with Crippen molar-refractivity contribution in [2.45, 2.75) is 27.2 Å². The van der Waals surface area contributed by atoms with E-state index in [1.54, 1.807) is 6.20 Å². The summed E-state index contributed by atoms with van der Waals surface area (Å²) in [6.45, 7) is 6.09.